The van der Waals surface area contributed by atoms with Gasteiger partial charge in [-0.25, -0.2) is 0 Å². The van der Waals surface area contributed by atoms with E-state index in [9.17, 15) is 4.79 Å². The van der Waals surface area contributed by atoms with Gasteiger partial charge in [0.1, 0.15) is 0 Å². The third kappa shape index (κ3) is 4.13. The molecule has 1 saturated heterocycles. The fourth-order valence-corrected chi connectivity index (χ4v) is 4.21. The van der Waals surface area contributed by atoms with Crippen molar-refractivity contribution in [3.8, 4) is 0 Å². The van der Waals surface area contributed by atoms with E-state index in [1.807, 2.05) is 24.3 Å². The Hall–Kier alpha value is -1.91. The van der Waals surface area contributed by atoms with E-state index >= 15 is 0 Å². The Kier molecular flexibility index (Phi) is 5.83. The van der Waals surface area contributed by atoms with Gasteiger partial charge in [0.05, 0.1) is 12.6 Å². The maximum atomic E-state index is 12.9. The molecule has 0 bridgehead atoms. The van der Waals surface area contributed by atoms with Crippen molar-refractivity contribution >= 4 is 17.2 Å². The average Bonchev–Trinajstić information content (AvgIpc) is 3.27. The third-order valence-corrected chi connectivity index (χ3v) is 5.41. The van der Waals surface area contributed by atoms with E-state index in [1.165, 1.54) is 10.4 Å². The molecule has 0 N–H and O–H groups in total. The molecule has 1 amide bonds. The Morgan fingerprint density at radius 1 is 1.29 bits per heavy atom. The summed E-state index contributed by atoms with van der Waals surface area (Å²) in [6.07, 6.45) is 4.04. The SMILES string of the molecule is C=CCN(CC(=O)N1CCCC1c1cccs1)Cc1ccccc1. The quantitative estimate of drug-likeness (QED) is 0.709. The lowest BCUT2D eigenvalue weighted by Crippen LogP contribution is -2.39. The number of rotatable bonds is 7. The van der Waals surface area contributed by atoms with Crippen LogP contribution in [0, 0.1) is 0 Å². The first-order chi connectivity index (χ1) is 11.8. The summed E-state index contributed by atoms with van der Waals surface area (Å²) in [4.78, 5) is 18.4. The molecule has 0 spiro atoms. The van der Waals surface area contributed by atoms with Crippen molar-refractivity contribution in [3.05, 3.63) is 70.9 Å². The first kappa shape index (κ1) is 16.9. The maximum absolute atomic E-state index is 12.9. The monoisotopic (exact) mass is 340 g/mol. The minimum Gasteiger partial charge on any atom is -0.334 e. The van der Waals surface area contributed by atoms with E-state index < -0.39 is 0 Å². The second-order valence-electron chi connectivity index (χ2n) is 6.20. The van der Waals surface area contributed by atoms with Gasteiger partial charge >= 0.3 is 0 Å². The maximum Gasteiger partial charge on any atom is 0.237 e. The van der Waals surface area contributed by atoms with Crippen molar-refractivity contribution in [2.45, 2.75) is 25.4 Å². The number of hydrogen-bond acceptors (Lipinski definition) is 3. The summed E-state index contributed by atoms with van der Waals surface area (Å²) in [5, 5.41) is 2.09. The largest absolute Gasteiger partial charge is 0.334 e. The van der Waals surface area contributed by atoms with E-state index in [4.69, 9.17) is 0 Å². The second kappa shape index (κ2) is 8.27. The highest BCUT2D eigenvalue weighted by Gasteiger charge is 2.31. The summed E-state index contributed by atoms with van der Waals surface area (Å²) in [6, 6.07) is 14.8. The zero-order chi connectivity index (χ0) is 16.8. The second-order valence-corrected chi connectivity index (χ2v) is 7.18. The van der Waals surface area contributed by atoms with Crippen LogP contribution in [-0.2, 0) is 11.3 Å². The molecule has 1 atom stereocenters. The third-order valence-electron chi connectivity index (χ3n) is 4.44. The number of nitrogens with zero attached hydrogens (tertiary/aromatic N) is 2. The van der Waals surface area contributed by atoms with E-state index in [0.29, 0.717) is 6.54 Å². The van der Waals surface area contributed by atoms with Gasteiger partial charge in [-0.05, 0) is 29.9 Å². The summed E-state index contributed by atoms with van der Waals surface area (Å²) in [5.74, 6) is 0.226. The van der Waals surface area contributed by atoms with Crippen molar-refractivity contribution in [3.63, 3.8) is 0 Å². The van der Waals surface area contributed by atoms with E-state index in [0.717, 1.165) is 32.5 Å². The molecule has 3 nitrogen and oxygen atoms in total. The van der Waals surface area contributed by atoms with Crippen LogP contribution >= 0.6 is 11.3 Å². The zero-order valence-electron chi connectivity index (χ0n) is 13.9. The molecule has 3 rings (SSSR count). The first-order valence-corrected chi connectivity index (χ1v) is 9.36. The molecule has 1 fully saturated rings. The van der Waals surface area contributed by atoms with Crippen molar-refractivity contribution in [1.82, 2.24) is 9.80 Å². The minimum atomic E-state index is 0.226. The molecule has 0 aliphatic carbocycles. The average molecular weight is 340 g/mol. The normalized spacial score (nSPS) is 17.4. The lowest BCUT2D eigenvalue weighted by Gasteiger charge is -2.28. The van der Waals surface area contributed by atoms with Gasteiger partial charge in [-0.1, -0.05) is 42.5 Å². The number of likely N-dealkylation sites (tertiary alicyclic amines) is 1. The van der Waals surface area contributed by atoms with Crippen LogP contribution in [0.25, 0.3) is 0 Å². The highest BCUT2D eigenvalue weighted by Crippen LogP contribution is 2.34. The molecule has 0 saturated carbocycles. The van der Waals surface area contributed by atoms with Crippen LogP contribution in [0.5, 0.6) is 0 Å². The lowest BCUT2D eigenvalue weighted by molar-refractivity contribution is -0.133. The van der Waals surface area contributed by atoms with Crippen molar-refractivity contribution < 1.29 is 4.79 Å². The fourth-order valence-electron chi connectivity index (χ4n) is 3.33. The molecule has 1 aromatic heterocycles. The van der Waals surface area contributed by atoms with Crippen molar-refractivity contribution in [2.75, 3.05) is 19.6 Å². The van der Waals surface area contributed by atoms with Crippen LogP contribution in [0.3, 0.4) is 0 Å². The number of thiophene rings is 1. The Balaban J connectivity index is 1.65. The van der Waals surface area contributed by atoms with Gasteiger partial charge in [0.25, 0.3) is 0 Å². The molecule has 126 valence electrons. The highest BCUT2D eigenvalue weighted by molar-refractivity contribution is 7.10. The molecule has 1 aliphatic heterocycles. The number of carbonyl (C=O) groups is 1. The number of hydrogen-bond donors (Lipinski definition) is 0. The number of carbonyl (C=O) groups excluding carboxylic acids is 1. The standard InChI is InChI=1S/C20H24N2OS/c1-2-12-21(15-17-8-4-3-5-9-17)16-20(23)22-13-6-10-18(22)19-11-7-14-24-19/h2-5,7-9,11,14,18H,1,6,10,12-13,15-16H2. The minimum absolute atomic E-state index is 0.226. The Morgan fingerprint density at radius 3 is 2.83 bits per heavy atom. The molecule has 4 heteroatoms. The molecule has 2 aromatic rings. The Morgan fingerprint density at radius 2 is 2.12 bits per heavy atom. The molecule has 24 heavy (non-hydrogen) atoms. The molecule has 1 unspecified atom stereocenters. The van der Waals surface area contributed by atoms with Crippen molar-refractivity contribution in [2.24, 2.45) is 0 Å². The fraction of sp³-hybridized carbons (Fsp3) is 0.350. The summed E-state index contributed by atoms with van der Waals surface area (Å²) in [5.41, 5.74) is 1.23. The van der Waals surface area contributed by atoms with Gasteiger partial charge < -0.3 is 4.90 Å². The van der Waals surface area contributed by atoms with Crippen LogP contribution < -0.4 is 0 Å². The van der Waals surface area contributed by atoms with Gasteiger partial charge in [0.2, 0.25) is 5.91 Å². The van der Waals surface area contributed by atoms with Gasteiger partial charge in [-0.15, -0.1) is 17.9 Å². The summed E-state index contributed by atoms with van der Waals surface area (Å²) >= 11 is 1.75. The van der Waals surface area contributed by atoms with Gasteiger partial charge in [0, 0.05) is 24.5 Å². The van der Waals surface area contributed by atoms with Crippen LogP contribution in [0.2, 0.25) is 0 Å². The predicted molar refractivity (Wildman–Crippen MR) is 99.9 cm³/mol. The summed E-state index contributed by atoms with van der Waals surface area (Å²) in [7, 11) is 0. The van der Waals surface area contributed by atoms with E-state index in [-0.39, 0.29) is 11.9 Å². The summed E-state index contributed by atoms with van der Waals surface area (Å²) in [6.45, 7) is 6.65. The van der Waals surface area contributed by atoms with Crippen molar-refractivity contribution in [1.29, 1.82) is 0 Å². The molecular weight excluding hydrogens is 316 g/mol. The first-order valence-electron chi connectivity index (χ1n) is 8.48. The van der Waals surface area contributed by atoms with Gasteiger partial charge in [-0.3, -0.25) is 9.69 Å². The smallest absolute Gasteiger partial charge is 0.237 e. The lowest BCUT2D eigenvalue weighted by atomic mass is 10.2. The molecule has 0 radical (unpaired) electrons. The number of amides is 1. The molecule has 1 aromatic carbocycles. The predicted octanol–water partition coefficient (Wildman–Crippen LogP) is 4.10. The molecular formula is C20H24N2OS. The molecule has 1 aliphatic rings. The number of benzene rings is 1. The topological polar surface area (TPSA) is 23.6 Å². The summed E-state index contributed by atoms with van der Waals surface area (Å²) < 4.78 is 0. The Bertz CT molecular complexity index is 654. The van der Waals surface area contributed by atoms with Crippen LogP contribution in [0.15, 0.2) is 60.5 Å². The van der Waals surface area contributed by atoms with Gasteiger partial charge in [0.15, 0.2) is 0 Å². The van der Waals surface area contributed by atoms with Crippen LogP contribution in [0.4, 0.5) is 0 Å². The molecule has 2 heterocycles. The van der Waals surface area contributed by atoms with E-state index in [1.54, 1.807) is 11.3 Å². The van der Waals surface area contributed by atoms with E-state index in [2.05, 4.69) is 46.0 Å². The zero-order valence-corrected chi connectivity index (χ0v) is 14.8. The Labute approximate surface area is 148 Å². The van der Waals surface area contributed by atoms with Crippen LogP contribution in [-0.4, -0.2) is 35.3 Å². The highest BCUT2D eigenvalue weighted by atomic mass is 32.1. The van der Waals surface area contributed by atoms with Crippen LogP contribution in [0.1, 0.15) is 29.3 Å². The van der Waals surface area contributed by atoms with Gasteiger partial charge in [-0.2, -0.15) is 0 Å².